The van der Waals surface area contributed by atoms with E-state index in [1.807, 2.05) is 31.2 Å². The number of aromatic nitrogens is 2. The Balaban J connectivity index is 2.21. The monoisotopic (exact) mass is 287 g/mol. The number of hydrogen-bond donors (Lipinski definition) is 1. The van der Waals surface area contributed by atoms with Crippen LogP contribution in [0.2, 0.25) is 0 Å². The largest absolute Gasteiger partial charge is 0.493 e. The normalized spacial score (nSPS) is 11.2. The Labute approximate surface area is 121 Å². The van der Waals surface area contributed by atoms with Crippen LogP contribution in [0.25, 0.3) is 16.2 Å². The van der Waals surface area contributed by atoms with E-state index in [1.165, 1.54) is 4.88 Å². The van der Waals surface area contributed by atoms with Gasteiger partial charge in [-0.1, -0.05) is 12.1 Å². The van der Waals surface area contributed by atoms with Crippen LogP contribution in [0.15, 0.2) is 30.5 Å². The number of para-hydroxylation sites is 1. The maximum atomic E-state index is 5.93. The van der Waals surface area contributed by atoms with Crippen LogP contribution in [0.1, 0.15) is 17.5 Å². The van der Waals surface area contributed by atoms with Crippen LogP contribution < -0.4 is 10.5 Å². The molecule has 0 bridgehead atoms. The highest BCUT2D eigenvalue weighted by atomic mass is 32.1. The summed E-state index contributed by atoms with van der Waals surface area (Å²) < 4.78 is 7.78. The summed E-state index contributed by atoms with van der Waals surface area (Å²) >= 11 is 1.67. The molecule has 5 heteroatoms. The van der Waals surface area contributed by atoms with Gasteiger partial charge in [-0.15, -0.1) is 11.3 Å². The van der Waals surface area contributed by atoms with E-state index < -0.39 is 0 Å². The fourth-order valence-corrected chi connectivity index (χ4v) is 3.20. The summed E-state index contributed by atoms with van der Waals surface area (Å²) in [6.45, 7) is 5.15. The molecule has 4 nitrogen and oxygen atoms in total. The number of ether oxygens (including phenoxy) is 1. The predicted molar refractivity (Wildman–Crippen MR) is 82.3 cm³/mol. The Bertz CT molecular complexity index is 745. The summed E-state index contributed by atoms with van der Waals surface area (Å²) in [6.07, 6.45) is 2.09. The van der Waals surface area contributed by atoms with Crippen LogP contribution in [0.4, 0.5) is 0 Å². The minimum absolute atomic E-state index is 0.452. The molecule has 104 valence electrons. The summed E-state index contributed by atoms with van der Waals surface area (Å²) in [5.41, 5.74) is 8.88. The number of rotatable bonds is 4. The molecular formula is C15H17N3OS. The van der Waals surface area contributed by atoms with E-state index in [-0.39, 0.29) is 0 Å². The SMILES string of the molecule is CCOc1ccccc1-c1nc2sc(C)cn2c1CN. The molecule has 0 spiro atoms. The smallest absolute Gasteiger partial charge is 0.194 e. The molecule has 0 aliphatic heterocycles. The zero-order valence-electron chi connectivity index (χ0n) is 11.6. The molecule has 0 aliphatic carbocycles. The number of nitrogens with zero attached hydrogens (tertiary/aromatic N) is 2. The van der Waals surface area contributed by atoms with Gasteiger partial charge >= 0.3 is 0 Å². The third-order valence-electron chi connectivity index (χ3n) is 3.18. The first-order chi connectivity index (χ1) is 9.74. The first-order valence-electron chi connectivity index (χ1n) is 6.64. The van der Waals surface area contributed by atoms with Crippen molar-refractivity contribution < 1.29 is 4.74 Å². The maximum absolute atomic E-state index is 5.93. The number of hydrogen-bond acceptors (Lipinski definition) is 4. The average molecular weight is 287 g/mol. The van der Waals surface area contributed by atoms with Crippen LogP contribution in [0.3, 0.4) is 0 Å². The number of nitrogens with two attached hydrogens (primary N) is 1. The van der Waals surface area contributed by atoms with Gasteiger partial charge in [-0.25, -0.2) is 4.98 Å². The highest BCUT2D eigenvalue weighted by molar-refractivity contribution is 7.17. The lowest BCUT2D eigenvalue weighted by Gasteiger charge is -2.09. The van der Waals surface area contributed by atoms with Gasteiger partial charge in [0.15, 0.2) is 4.96 Å². The lowest BCUT2D eigenvalue weighted by molar-refractivity contribution is 0.341. The highest BCUT2D eigenvalue weighted by Gasteiger charge is 2.17. The minimum Gasteiger partial charge on any atom is -0.493 e. The average Bonchev–Trinajstić information content (AvgIpc) is 2.95. The van der Waals surface area contributed by atoms with Gasteiger partial charge < -0.3 is 10.5 Å². The van der Waals surface area contributed by atoms with Gasteiger partial charge in [-0.3, -0.25) is 4.40 Å². The Hall–Kier alpha value is -1.85. The molecule has 0 fully saturated rings. The molecule has 0 saturated heterocycles. The van der Waals surface area contributed by atoms with Crippen molar-refractivity contribution in [1.82, 2.24) is 9.38 Å². The van der Waals surface area contributed by atoms with Crippen LogP contribution >= 0.6 is 11.3 Å². The van der Waals surface area contributed by atoms with Crippen LogP contribution in [0.5, 0.6) is 5.75 Å². The van der Waals surface area contributed by atoms with Gasteiger partial charge in [0.05, 0.1) is 18.0 Å². The van der Waals surface area contributed by atoms with E-state index in [0.717, 1.165) is 27.7 Å². The molecule has 0 amide bonds. The van der Waals surface area contributed by atoms with Gasteiger partial charge in [-0.05, 0) is 26.0 Å². The molecule has 0 unspecified atom stereocenters. The first kappa shape index (κ1) is 13.1. The van der Waals surface area contributed by atoms with Crippen LogP contribution in [0, 0.1) is 6.92 Å². The lowest BCUT2D eigenvalue weighted by atomic mass is 10.1. The van der Waals surface area contributed by atoms with E-state index >= 15 is 0 Å². The van der Waals surface area contributed by atoms with Gasteiger partial charge in [0, 0.05) is 23.2 Å². The van der Waals surface area contributed by atoms with Crippen molar-refractivity contribution >= 4 is 16.3 Å². The molecule has 3 rings (SSSR count). The van der Waals surface area contributed by atoms with Crippen molar-refractivity contribution in [3.63, 3.8) is 0 Å². The second-order valence-electron chi connectivity index (χ2n) is 4.53. The van der Waals surface area contributed by atoms with Crippen molar-refractivity contribution in [3.05, 3.63) is 41.0 Å². The van der Waals surface area contributed by atoms with E-state index in [2.05, 4.69) is 17.5 Å². The van der Waals surface area contributed by atoms with E-state index in [9.17, 15) is 0 Å². The molecule has 2 N–H and O–H groups in total. The minimum atomic E-state index is 0.452. The van der Waals surface area contributed by atoms with Crippen molar-refractivity contribution in [1.29, 1.82) is 0 Å². The van der Waals surface area contributed by atoms with Gasteiger partial charge in [0.2, 0.25) is 0 Å². The summed E-state index contributed by atoms with van der Waals surface area (Å²) in [5.74, 6) is 0.854. The highest BCUT2D eigenvalue weighted by Crippen LogP contribution is 2.33. The Kier molecular flexibility index (Phi) is 3.46. The van der Waals surface area contributed by atoms with Crippen LogP contribution in [-0.2, 0) is 6.54 Å². The zero-order chi connectivity index (χ0) is 14.1. The standard InChI is InChI=1S/C15H17N3OS/c1-3-19-13-7-5-4-6-11(13)14-12(8-16)18-9-10(2)20-15(18)17-14/h4-7,9H,3,8,16H2,1-2H3. The molecule has 2 aromatic heterocycles. The van der Waals surface area contributed by atoms with Gasteiger partial charge in [0.25, 0.3) is 0 Å². The van der Waals surface area contributed by atoms with E-state index in [4.69, 9.17) is 15.5 Å². The fourth-order valence-electron chi connectivity index (χ4n) is 2.36. The van der Waals surface area contributed by atoms with Crippen LogP contribution in [-0.4, -0.2) is 16.0 Å². The van der Waals surface area contributed by atoms with Gasteiger partial charge in [-0.2, -0.15) is 0 Å². The van der Waals surface area contributed by atoms with Crippen molar-refractivity contribution in [3.8, 4) is 17.0 Å². The molecule has 3 aromatic rings. The molecule has 20 heavy (non-hydrogen) atoms. The Morgan fingerprint density at radius 2 is 2.15 bits per heavy atom. The molecule has 0 saturated carbocycles. The number of fused-ring (bicyclic) bond motifs is 1. The second kappa shape index (κ2) is 5.26. The summed E-state index contributed by atoms with van der Waals surface area (Å²) in [5, 5.41) is 0. The topological polar surface area (TPSA) is 52.5 Å². The second-order valence-corrected chi connectivity index (χ2v) is 5.75. The summed E-state index contributed by atoms with van der Waals surface area (Å²) in [4.78, 5) is 6.94. The molecule has 0 aliphatic rings. The molecule has 1 aromatic carbocycles. The molecular weight excluding hydrogens is 270 g/mol. The van der Waals surface area contributed by atoms with E-state index in [0.29, 0.717) is 13.2 Å². The maximum Gasteiger partial charge on any atom is 0.194 e. The zero-order valence-corrected chi connectivity index (χ0v) is 12.4. The third-order valence-corrected chi connectivity index (χ3v) is 4.07. The third kappa shape index (κ3) is 2.09. The number of thiazole rings is 1. The molecule has 0 atom stereocenters. The number of imidazole rings is 1. The predicted octanol–water partition coefficient (Wildman–Crippen LogP) is 3.23. The van der Waals surface area contributed by atoms with Gasteiger partial charge in [0.1, 0.15) is 5.75 Å². The Morgan fingerprint density at radius 1 is 1.35 bits per heavy atom. The van der Waals surface area contributed by atoms with Crippen molar-refractivity contribution in [2.24, 2.45) is 5.73 Å². The fraction of sp³-hybridized carbons (Fsp3) is 0.267. The summed E-state index contributed by atoms with van der Waals surface area (Å²) in [7, 11) is 0. The molecule has 0 radical (unpaired) electrons. The van der Waals surface area contributed by atoms with E-state index in [1.54, 1.807) is 11.3 Å². The number of aryl methyl sites for hydroxylation is 1. The number of benzene rings is 1. The molecule has 2 heterocycles. The van der Waals surface area contributed by atoms with Crippen molar-refractivity contribution in [2.45, 2.75) is 20.4 Å². The Morgan fingerprint density at radius 3 is 2.90 bits per heavy atom. The summed E-state index contributed by atoms with van der Waals surface area (Å²) in [6, 6.07) is 7.97. The lowest BCUT2D eigenvalue weighted by Crippen LogP contribution is -2.02. The first-order valence-corrected chi connectivity index (χ1v) is 7.46. The quantitative estimate of drug-likeness (QED) is 0.801. The van der Waals surface area contributed by atoms with Crippen molar-refractivity contribution in [2.75, 3.05) is 6.61 Å².